The summed E-state index contributed by atoms with van der Waals surface area (Å²) in [5.74, 6) is 0.493. The number of hydrogen-bond donors (Lipinski definition) is 1. The van der Waals surface area contributed by atoms with Crippen molar-refractivity contribution in [2.45, 2.75) is 32.9 Å². The molecule has 0 spiro atoms. The quantitative estimate of drug-likeness (QED) is 0.868. The van der Waals surface area contributed by atoms with Gasteiger partial charge >= 0.3 is 0 Å². The van der Waals surface area contributed by atoms with Crippen molar-refractivity contribution >= 4 is 16.5 Å². The largest absolute Gasteiger partial charge is 0.373 e. The lowest BCUT2D eigenvalue weighted by Gasteiger charge is -2.19. The molecule has 7 heteroatoms. The van der Waals surface area contributed by atoms with E-state index in [0.717, 1.165) is 36.9 Å². The van der Waals surface area contributed by atoms with Gasteiger partial charge in [0, 0.05) is 69.1 Å². The minimum absolute atomic E-state index is 0.157. The third-order valence-corrected chi connectivity index (χ3v) is 5.86. The molecule has 24 heavy (non-hydrogen) atoms. The molecule has 2 aromatic rings. The Kier molecular flexibility index (Phi) is 5.22. The molecular weight excluding hydrogens is 322 g/mol. The van der Waals surface area contributed by atoms with Gasteiger partial charge in [0.15, 0.2) is 5.13 Å². The standard InChI is InChI=1S/C17H27N5OS/c1-11-15(12(2)22(5)20-11)16-13(6-7-23-16)8-18-9-14-10-19-17(24-14)21(3)4/h10,13,16,18H,6-9H2,1-5H3/t13-,16+/m1/s1. The molecule has 1 saturated heterocycles. The minimum atomic E-state index is 0.157. The van der Waals surface area contributed by atoms with Gasteiger partial charge in [-0.05, 0) is 20.3 Å². The molecule has 132 valence electrons. The lowest BCUT2D eigenvalue weighted by atomic mass is 9.94. The minimum Gasteiger partial charge on any atom is -0.373 e. The third kappa shape index (κ3) is 3.48. The van der Waals surface area contributed by atoms with Crippen molar-refractivity contribution in [3.05, 3.63) is 28.0 Å². The molecule has 1 N–H and O–H groups in total. The van der Waals surface area contributed by atoms with E-state index in [9.17, 15) is 0 Å². The molecule has 6 nitrogen and oxygen atoms in total. The van der Waals surface area contributed by atoms with Crippen LogP contribution in [0.1, 0.15) is 34.4 Å². The summed E-state index contributed by atoms with van der Waals surface area (Å²) < 4.78 is 8.01. The van der Waals surface area contributed by atoms with Crippen LogP contribution in [-0.4, -0.2) is 42.0 Å². The Morgan fingerprint density at radius 3 is 2.83 bits per heavy atom. The van der Waals surface area contributed by atoms with Crippen molar-refractivity contribution in [2.75, 3.05) is 32.1 Å². The highest BCUT2D eigenvalue weighted by atomic mass is 32.1. The summed E-state index contributed by atoms with van der Waals surface area (Å²) in [5, 5.41) is 9.18. The zero-order valence-electron chi connectivity index (χ0n) is 15.2. The molecule has 2 aromatic heterocycles. The van der Waals surface area contributed by atoms with E-state index in [1.54, 1.807) is 11.3 Å². The van der Waals surface area contributed by atoms with Crippen molar-refractivity contribution < 1.29 is 4.74 Å². The number of anilines is 1. The maximum atomic E-state index is 6.06. The van der Waals surface area contributed by atoms with E-state index < -0.39 is 0 Å². The Labute approximate surface area is 147 Å². The Balaban J connectivity index is 1.60. The van der Waals surface area contributed by atoms with Gasteiger partial charge in [0.1, 0.15) is 0 Å². The van der Waals surface area contributed by atoms with Gasteiger partial charge in [0.25, 0.3) is 0 Å². The predicted molar refractivity (Wildman–Crippen MR) is 97.6 cm³/mol. The van der Waals surface area contributed by atoms with Crippen LogP contribution in [-0.2, 0) is 18.3 Å². The summed E-state index contributed by atoms with van der Waals surface area (Å²) in [4.78, 5) is 7.73. The van der Waals surface area contributed by atoms with Gasteiger partial charge in [0.05, 0.1) is 11.8 Å². The number of hydrogen-bond acceptors (Lipinski definition) is 6. The van der Waals surface area contributed by atoms with Crippen LogP contribution in [0.15, 0.2) is 6.20 Å². The van der Waals surface area contributed by atoms with Crippen LogP contribution < -0.4 is 10.2 Å². The normalized spacial score (nSPS) is 20.7. The van der Waals surface area contributed by atoms with Crippen molar-refractivity contribution in [3.8, 4) is 0 Å². The highest BCUT2D eigenvalue weighted by Crippen LogP contribution is 2.37. The van der Waals surface area contributed by atoms with Crippen LogP contribution in [0.25, 0.3) is 0 Å². The molecule has 3 rings (SSSR count). The number of rotatable bonds is 6. The molecule has 0 saturated carbocycles. The fourth-order valence-electron chi connectivity index (χ4n) is 3.33. The first-order valence-electron chi connectivity index (χ1n) is 8.41. The van der Waals surface area contributed by atoms with Gasteiger partial charge in [-0.15, -0.1) is 11.3 Å². The van der Waals surface area contributed by atoms with E-state index in [2.05, 4.69) is 29.2 Å². The second-order valence-corrected chi connectivity index (χ2v) is 7.78. The molecule has 0 amide bonds. The van der Waals surface area contributed by atoms with Crippen molar-refractivity contribution in [1.82, 2.24) is 20.1 Å². The molecule has 1 fully saturated rings. The average molecular weight is 350 g/mol. The number of thiazole rings is 1. The maximum absolute atomic E-state index is 6.06. The number of aromatic nitrogens is 3. The summed E-state index contributed by atoms with van der Waals surface area (Å²) in [6, 6.07) is 0. The van der Waals surface area contributed by atoms with Gasteiger partial charge in [-0.2, -0.15) is 5.10 Å². The second-order valence-electron chi connectivity index (χ2n) is 6.68. The van der Waals surface area contributed by atoms with E-state index in [1.165, 1.54) is 16.1 Å². The van der Waals surface area contributed by atoms with E-state index in [1.807, 2.05) is 36.9 Å². The van der Waals surface area contributed by atoms with Crippen LogP contribution in [0.3, 0.4) is 0 Å². The summed E-state index contributed by atoms with van der Waals surface area (Å²) >= 11 is 1.74. The van der Waals surface area contributed by atoms with Crippen molar-refractivity contribution in [2.24, 2.45) is 13.0 Å². The smallest absolute Gasteiger partial charge is 0.185 e. The summed E-state index contributed by atoms with van der Waals surface area (Å²) in [6.07, 6.45) is 3.22. The Morgan fingerprint density at radius 2 is 2.21 bits per heavy atom. The summed E-state index contributed by atoms with van der Waals surface area (Å²) in [5.41, 5.74) is 3.57. The van der Waals surface area contributed by atoms with Crippen LogP contribution >= 0.6 is 11.3 Å². The first-order valence-corrected chi connectivity index (χ1v) is 9.23. The number of nitrogens with one attached hydrogen (secondary N) is 1. The van der Waals surface area contributed by atoms with Crippen LogP contribution in [0.5, 0.6) is 0 Å². The van der Waals surface area contributed by atoms with Gasteiger partial charge in [-0.1, -0.05) is 0 Å². The number of aryl methyl sites for hydroxylation is 2. The lowest BCUT2D eigenvalue weighted by Crippen LogP contribution is -2.24. The Morgan fingerprint density at radius 1 is 1.42 bits per heavy atom. The Hall–Kier alpha value is -1.44. The fourth-order valence-corrected chi connectivity index (χ4v) is 4.13. The fraction of sp³-hybridized carbons (Fsp3) is 0.647. The molecule has 0 unspecified atom stereocenters. The van der Waals surface area contributed by atoms with Gasteiger partial charge in [0.2, 0.25) is 0 Å². The number of nitrogens with zero attached hydrogens (tertiary/aromatic N) is 4. The Bertz CT molecular complexity index is 693. The van der Waals surface area contributed by atoms with E-state index in [4.69, 9.17) is 4.74 Å². The molecule has 0 aromatic carbocycles. The monoisotopic (exact) mass is 349 g/mol. The third-order valence-electron chi connectivity index (χ3n) is 4.69. The molecular formula is C17H27N5OS. The van der Waals surface area contributed by atoms with Crippen LogP contribution in [0.4, 0.5) is 5.13 Å². The topological polar surface area (TPSA) is 55.2 Å². The summed E-state index contributed by atoms with van der Waals surface area (Å²) in [7, 11) is 6.05. The SMILES string of the molecule is Cc1nn(C)c(C)c1[C@H]1OCC[C@@H]1CNCc1cnc(N(C)C)s1. The zero-order valence-corrected chi connectivity index (χ0v) is 16.0. The van der Waals surface area contributed by atoms with Crippen molar-refractivity contribution in [3.63, 3.8) is 0 Å². The average Bonchev–Trinajstić information content (AvgIpc) is 3.22. The van der Waals surface area contributed by atoms with Crippen LogP contribution in [0, 0.1) is 19.8 Å². The lowest BCUT2D eigenvalue weighted by molar-refractivity contribution is 0.0894. The molecule has 3 heterocycles. The highest BCUT2D eigenvalue weighted by Gasteiger charge is 2.33. The molecule has 0 radical (unpaired) electrons. The molecule has 2 atom stereocenters. The molecule has 1 aliphatic heterocycles. The molecule has 0 aliphatic carbocycles. The predicted octanol–water partition coefficient (Wildman–Crippen LogP) is 2.43. The zero-order chi connectivity index (χ0) is 17.3. The number of ether oxygens (including phenoxy) is 1. The van der Waals surface area contributed by atoms with E-state index in [0.29, 0.717) is 5.92 Å². The first kappa shape index (κ1) is 17.4. The molecule has 1 aliphatic rings. The van der Waals surface area contributed by atoms with E-state index >= 15 is 0 Å². The van der Waals surface area contributed by atoms with Gasteiger partial charge < -0.3 is 15.0 Å². The maximum Gasteiger partial charge on any atom is 0.185 e. The van der Waals surface area contributed by atoms with Crippen molar-refractivity contribution in [1.29, 1.82) is 0 Å². The van der Waals surface area contributed by atoms with Gasteiger partial charge in [-0.3, -0.25) is 4.68 Å². The molecule has 0 bridgehead atoms. The van der Waals surface area contributed by atoms with Gasteiger partial charge in [-0.25, -0.2) is 4.98 Å². The highest BCUT2D eigenvalue weighted by molar-refractivity contribution is 7.15. The summed E-state index contributed by atoms with van der Waals surface area (Å²) in [6.45, 7) is 6.85. The van der Waals surface area contributed by atoms with E-state index in [-0.39, 0.29) is 6.10 Å². The first-order chi connectivity index (χ1) is 11.5. The van der Waals surface area contributed by atoms with Crippen LogP contribution in [0.2, 0.25) is 0 Å². The second kappa shape index (κ2) is 7.21.